The van der Waals surface area contributed by atoms with Crippen LogP contribution in [0, 0.1) is 5.92 Å². The van der Waals surface area contributed by atoms with E-state index in [-0.39, 0.29) is 0 Å². The van der Waals surface area contributed by atoms with E-state index in [4.69, 9.17) is 5.73 Å². The average molecular weight is 184 g/mol. The Hall–Kier alpha value is -0.0800. The van der Waals surface area contributed by atoms with Crippen molar-refractivity contribution >= 4 is 0 Å². The van der Waals surface area contributed by atoms with Gasteiger partial charge in [0.2, 0.25) is 0 Å². The lowest BCUT2D eigenvalue weighted by atomic mass is 9.83. The van der Waals surface area contributed by atoms with Crippen molar-refractivity contribution in [2.24, 2.45) is 11.7 Å². The average Bonchev–Trinajstić information content (AvgIpc) is 1.99. The summed E-state index contributed by atoms with van der Waals surface area (Å²) in [6.45, 7) is 4.44. The molecule has 0 amide bonds. The maximum Gasteiger partial charge on any atom is 0.00109 e. The molecule has 3 N–H and O–H groups in total. The lowest BCUT2D eigenvalue weighted by Crippen LogP contribution is -2.23. The van der Waals surface area contributed by atoms with E-state index >= 15 is 0 Å². The molecule has 13 heavy (non-hydrogen) atoms. The summed E-state index contributed by atoms with van der Waals surface area (Å²) >= 11 is 0. The van der Waals surface area contributed by atoms with Gasteiger partial charge in [-0.2, -0.15) is 0 Å². The van der Waals surface area contributed by atoms with Crippen molar-refractivity contribution in [3.63, 3.8) is 0 Å². The quantitative estimate of drug-likeness (QED) is 0.593. The molecule has 1 saturated carbocycles. The summed E-state index contributed by atoms with van der Waals surface area (Å²) in [7, 11) is 0. The summed E-state index contributed by atoms with van der Waals surface area (Å²) in [5.74, 6) is 1.04. The minimum Gasteiger partial charge on any atom is -0.328 e. The van der Waals surface area contributed by atoms with E-state index < -0.39 is 0 Å². The zero-order valence-corrected chi connectivity index (χ0v) is 8.89. The van der Waals surface area contributed by atoms with Crippen molar-refractivity contribution in [3.8, 4) is 0 Å². The zero-order chi connectivity index (χ0) is 9.52. The molecule has 0 radical (unpaired) electrons. The van der Waals surface area contributed by atoms with Gasteiger partial charge in [0, 0.05) is 6.04 Å². The fourth-order valence-electron chi connectivity index (χ4n) is 1.76. The molecule has 0 aromatic carbocycles. The van der Waals surface area contributed by atoms with Crippen LogP contribution in [-0.4, -0.2) is 19.1 Å². The van der Waals surface area contributed by atoms with Crippen LogP contribution in [0.1, 0.15) is 45.4 Å². The van der Waals surface area contributed by atoms with Gasteiger partial charge in [0.1, 0.15) is 0 Å². The van der Waals surface area contributed by atoms with E-state index in [0.29, 0.717) is 6.04 Å². The van der Waals surface area contributed by atoms with Crippen molar-refractivity contribution in [1.29, 1.82) is 0 Å². The third-order valence-corrected chi connectivity index (χ3v) is 2.97. The summed E-state index contributed by atoms with van der Waals surface area (Å²) in [4.78, 5) is 0. The molecule has 0 aromatic heterocycles. The van der Waals surface area contributed by atoms with Gasteiger partial charge < -0.3 is 11.1 Å². The van der Waals surface area contributed by atoms with Crippen LogP contribution in [0.3, 0.4) is 0 Å². The second-order valence-electron chi connectivity index (χ2n) is 4.46. The molecule has 1 aliphatic rings. The number of nitrogens with one attached hydrogen (secondary N) is 1. The van der Waals surface area contributed by atoms with Crippen LogP contribution in [0.2, 0.25) is 0 Å². The number of rotatable bonds is 7. The van der Waals surface area contributed by atoms with Crippen LogP contribution in [0.15, 0.2) is 0 Å². The normalized spacial score (nSPS) is 19.8. The molecule has 2 heteroatoms. The van der Waals surface area contributed by atoms with Gasteiger partial charge in [0.15, 0.2) is 0 Å². The van der Waals surface area contributed by atoms with Crippen LogP contribution in [0.5, 0.6) is 0 Å². The molecular weight excluding hydrogens is 160 g/mol. The topological polar surface area (TPSA) is 38.0 Å². The lowest BCUT2D eigenvalue weighted by molar-refractivity contribution is 0.292. The standard InChI is InChI=1S/C11H24N2/c1-10(12)4-3-8-13-9-7-11-5-2-6-11/h10-11,13H,2-9,12H2,1H3. The van der Waals surface area contributed by atoms with E-state index in [9.17, 15) is 0 Å². The molecule has 0 spiro atoms. The van der Waals surface area contributed by atoms with Crippen LogP contribution >= 0.6 is 0 Å². The molecule has 1 aliphatic carbocycles. The Kier molecular flexibility index (Phi) is 5.40. The van der Waals surface area contributed by atoms with Gasteiger partial charge in [-0.3, -0.25) is 0 Å². The van der Waals surface area contributed by atoms with Crippen molar-refractivity contribution in [2.75, 3.05) is 13.1 Å². The molecule has 1 fully saturated rings. The van der Waals surface area contributed by atoms with Gasteiger partial charge >= 0.3 is 0 Å². The van der Waals surface area contributed by atoms with Crippen LogP contribution in [-0.2, 0) is 0 Å². The Labute approximate surface area is 82.3 Å². The van der Waals surface area contributed by atoms with Gasteiger partial charge in [-0.05, 0) is 45.2 Å². The SMILES string of the molecule is CC(N)CCCNCCC1CCC1. The Bertz CT molecular complexity index is 119. The smallest absolute Gasteiger partial charge is 0.00109 e. The van der Waals surface area contributed by atoms with Gasteiger partial charge in [-0.1, -0.05) is 19.3 Å². The van der Waals surface area contributed by atoms with Gasteiger partial charge in [0.25, 0.3) is 0 Å². The lowest BCUT2D eigenvalue weighted by Gasteiger charge is -2.25. The fraction of sp³-hybridized carbons (Fsp3) is 1.00. The molecule has 1 atom stereocenters. The third kappa shape index (κ3) is 5.27. The fourth-order valence-corrected chi connectivity index (χ4v) is 1.76. The van der Waals surface area contributed by atoms with Gasteiger partial charge in [0.05, 0.1) is 0 Å². The number of hydrogen-bond acceptors (Lipinski definition) is 2. The molecule has 0 saturated heterocycles. The summed E-state index contributed by atoms with van der Waals surface area (Å²) in [6.07, 6.45) is 8.18. The second-order valence-corrected chi connectivity index (χ2v) is 4.46. The maximum atomic E-state index is 5.66. The van der Waals surface area contributed by atoms with Crippen molar-refractivity contribution in [3.05, 3.63) is 0 Å². The highest BCUT2D eigenvalue weighted by Crippen LogP contribution is 2.28. The largest absolute Gasteiger partial charge is 0.328 e. The summed E-state index contributed by atoms with van der Waals surface area (Å²) < 4.78 is 0. The predicted molar refractivity (Wildman–Crippen MR) is 57.7 cm³/mol. The molecule has 1 rings (SSSR count). The van der Waals surface area contributed by atoms with E-state index in [1.165, 1.54) is 38.6 Å². The summed E-state index contributed by atoms with van der Waals surface area (Å²) in [5, 5.41) is 3.48. The van der Waals surface area contributed by atoms with E-state index in [0.717, 1.165) is 18.9 Å². The first-order chi connectivity index (χ1) is 6.29. The Morgan fingerprint density at radius 2 is 2.15 bits per heavy atom. The van der Waals surface area contributed by atoms with E-state index in [1.807, 2.05) is 0 Å². The Balaban J connectivity index is 1.73. The van der Waals surface area contributed by atoms with Crippen molar-refractivity contribution in [1.82, 2.24) is 5.32 Å². The molecule has 2 nitrogen and oxygen atoms in total. The van der Waals surface area contributed by atoms with Gasteiger partial charge in [-0.25, -0.2) is 0 Å². The van der Waals surface area contributed by atoms with Crippen molar-refractivity contribution < 1.29 is 0 Å². The summed E-state index contributed by atoms with van der Waals surface area (Å²) in [6, 6.07) is 0.369. The molecular formula is C11H24N2. The highest BCUT2D eigenvalue weighted by Gasteiger charge is 2.15. The molecule has 0 aliphatic heterocycles. The first-order valence-electron chi connectivity index (χ1n) is 5.75. The highest BCUT2D eigenvalue weighted by atomic mass is 14.8. The first kappa shape index (κ1) is 11.0. The molecule has 0 bridgehead atoms. The Morgan fingerprint density at radius 3 is 2.69 bits per heavy atom. The first-order valence-corrected chi connectivity index (χ1v) is 5.75. The van der Waals surface area contributed by atoms with Gasteiger partial charge in [-0.15, -0.1) is 0 Å². The predicted octanol–water partition coefficient (Wildman–Crippen LogP) is 1.89. The van der Waals surface area contributed by atoms with Crippen LogP contribution in [0.25, 0.3) is 0 Å². The monoisotopic (exact) mass is 184 g/mol. The minimum atomic E-state index is 0.369. The minimum absolute atomic E-state index is 0.369. The maximum absolute atomic E-state index is 5.66. The van der Waals surface area contributed by atoms with Crippen LogP contribution in [0.4, 0.5) is 0 Å². The highest BCUT2D eigenvalue weighted by molar-refractivity contribution is 4.70. The van der Waals surface area contributed by atoms with Crippen molar-refractivity contribution in [2.45, 2.75) is 51.5 Å². The Morgan fingerprint density at radius 1 is 1.38 bits per heavy atom. The van der Waals surface area contributed by atoms with E-state index in [2.05, 4.69) is 12.2 Å². The second kappa shape index (κ2) is 6.39. The van der Waals surface area contributed by atoms with Crippen LogP contribution < -0.4 is 11.1 Å². The molecule has 0 aromatic rings. The third-order valence-electron chi connectivity index (χ3n) is 2.97. The molecule has 0 heterocycles. The number of hydrogen-bond donors (Lipinski definition) is 2. The number of nitrogens with two attached hydrogens (primary N) is 1. The molecule has 1 unspecified atom stereocenters. The summed E-state index contributed by atoms with van der Waals surface area (Å²) in [5.41, 5.74) is 5.66. The molecule has 78 valence electrons. The zero-order valence-electron chi connectivity index (χ0n) is 8.89. The van der Waals surface area contributed by atoms with E-state index in [1.54, 1.807) is 0 Å².